The predicted octanol–water partition coefficient (Wildman–Crippen LogP) is 4.42. The standard InChI is InChI=1S/C25H17N3O3S/c1-31-25(30)21-14-32-24-22(17-5-3-2-4-6-17)18-11-20(16-9-7-15(12-26)8-10-16)27-13-19(18)23(29)28(21)24/h2-11,13,21H,14H2,1H3/t21-/m0/s1. The number of methoxy groups -OCH3 is 1. The summed E-state index contributed by atoms with van der Waals surface area (Å²) in [6.45, 7) is 0. The van der Waals surface area contributed by atoms with E-state index in [9.17, 15) is 9.59 Å². The third kappa shape index (κ3) is 3.17. The molecule has 0 spiro atoms. The van der Waals surface area contributed by atoms with E-state index in [4.69, 9.17) is 10.00 Å². The molecular weight excluding hydrogens is 422 g/mol. The third-order valence-electron chi connectivity index (χ3n) is 5.59. The average Bonchev–Trinajstić information content (AvgIpc) is 3.29. The minimum atomic E-state index is -0.669. The zero-order chi connectivity index (χ0) is 22.2. The molecule has 0 bridgehead atoms. The summed E-state index contributed by atoms with van der Waals surface area (Å²) in [5, 5.41) is 11.0. The molecule has 1 aliphatic rings. The Kier molecular flexibility index (Phi) is 5.00. The van der Waals surface area contributed by atoms with Crippen LogP contribution in [0.25, 0.3) is 33.2 Å². The van der Waals surface area contributed by atoms with Crippen LogP contribution in [0.2, 0.25) is 0 Å². The number of carbonyl (C=O) groups is 1. The molecule has 2 aromatic heterocycles. The second kappa shape index (κ2) is 7.98. The van der Waals surface area contributed by atoms with Crippen LogP contribution in [-0.2, 0) is 9.53 Å². The predicted molar refractivity (Wildman–Crippen MR) is 123 cm³/mol. The first-order valence-corrected chi connectivity index (χ1v) is 11.0. The molecule has 156 valence electrons. The number of hydrogen-bond acceptors (Lipinski definition) is 6. The summed E-state index contributed by atoms with van der Waals surface area (Å²) < 4.78 is 6.49. The van der Waals surface area contributed by atoms with Crippen molar-refractivity contribution in [3.63, 3.8) is 0 Å². The lowest BCUT2D eigenvalue weighted by atomic mass is 9.99. The van der Waals surface area contributed by atoms with Crippen LogP contribution < -0.4 is 5.56 Å². The Labute approximate surface area is 188 Å². The van der Waals surface area contributed by atoms with Gasteiger partial charge >= 0.3 is 5.97 Å². The summed E-state index contributed by atoms with van der Waals surface area (Å²) in [5.41, 5.74) is 3.72. The van der Waals surface area contributed by atoms with Crippen molar-refractivity contribution >= 4 is 28.5 Å². The number of ether oxygens (including phenoxy) is 1. The lowest BCUT2D eigenvalue weighted by molar-refractivity contribution is -0.143. The van der Waals surface area contributed by atoms with Crippen LogP contribution in [0.3, 0.4) is 0 Å². The molecule has 0 saturated heterocycles. The Morgan fingerprint density at radius 1 is 1.12 bits per heavy atom. The van der Waals surface area contributed by atoms with Gasteiger partial charge in [0.15, 0.2) is 0 Å². The SMILES string of the molecule is COC(=O)[C@@H]1CSc2c(-c3ccccc3)c3cc(-c4ccc(C#N)cc4)ncc3c(=O)n21. The zero-order valence-corrected chi connectivity index (χ0v) is 17.9. The van der Waals surface area contributed by atoms with E-state index in [1.165, 1.54) is 18.9 Å². The van der Waals surface area contributed by atoms with E-state index in [2.05, 4.69) is 11.1 Å². The molecule has 32 heavy (non-hydrogen) atoms. The van der Waals surface area contributed by atoms with Gasteiger partial charge in [0.2, 0.25) is 0 Å². The van der Waals surface area contributed by atoms with Gasteiger partial charge in [-0.05, 0) is 23.8 Å². The Balaban J connectivity index is 1.81. The first-order chi connectivity index (χ1) is 15.6. The molecule has 3 heterocycles. The van der Waals surface area contributed by atoms with Crippen molar-refractivity contribution in [2.45, 2.75) is 11.1 Å². The lowest BCUT2D eigenvalue weighted by Crippen LogP contribution is -2.30. The van der Waals surface area contributed by atoms with Gasteiger partial charge in [0.1, 0.15) is 6.04 Å². The summed E-state index contributed by atoms with van der Waals surface area (Å²) in [6.07, 6.45) is 1.57. The van der Waals surface area contributed by atoms with E-state index in [1.54, 1.807) is 22.9 Å². The highest BCUT2D eigenvalue weighted by molar-refractivity contribution is 7.99. The van der Waals surface area contributed by atoms with Crippen molar-refractivity contribution < 1.29 is 9.53 Å². The topological polar surface area (TPSA) is 85.0 Å². The smallest absolute Gasteiger partial charge is 0.329 e. The first kappa shape index (κ1) is 20.0. The van der Waals surface area contributed by atoms with Gasteiger partial charge in [-0.2, -0.15) is 5.26 Å². The van der Waals surface area contributed by atoms with Crippen molar-refractivity contribution in [1.29, 1.82) is 5.26 Å². The van der Waals surface area contributed by atoms with E-state index in [0.717, 1.165) is 27.1 Å². The molecule has 7 heteroatoms. The van der Waals surface area contributed by atoms with E-state index >= 15 is 0 Å². The number of nitrogens with zero attached hydrogens (tertiary/aromatic N) is 3. The van der Waals surface area contributed by atoms with Gasteiger partial charge in [0, 0.05) is 28.5 Å². The summed E-state index contributed by atoms with van der Waals surface area (Å²) >= 11 is 1.48. The van der Waals surface area contributed by atoms with Gasteiger partial charge in [-0.1, -0.05) is 42.5 Å². The van der Waals surface area contributed by atoms with Gasteiger partial charge in [0.25, 0.3) is 5.56 Å². The first-order valence-electron chi connectivity index (χ1n) is 9.97. The van der Waals surface area contributed by atoms with Crippen LogP contribution in [0.4, 0.5) is 0 Å². The fourth-order valence-electron chi connectivity index (χ4n) is 4.01. The molecule has 0 radical (unpaired) electrons. The Bertz CT molecular complexity index is 1450. The molecule has 1 aliphatic heterocycles. The zero-order valence-electron chi connectivity index (χ0n) is 17.1. The van der Waals surface area contributed by atoms with E-state index in [-0.39, 0.29) is 5.56 Å². The Morgan fingerprint density at radius 3 is 2.56 bits per heavy atom. The van der Waals surface area contributed by atoms with Crippen molar-refractivity contribution in [3.05, 3.63) is 82.8 Å². The fraction of sp³-hybridized carbons (Fsp3) is 0.120. The number of hydrogen-bond donors (Lipinski definition) is 0. The van der Waals surface area contributed by atoms with Gasteiger partial charge < -0.3 is 4.74 Å². The molecule has 4 aromatic rings. The van der Waals surface area contributed by atoms with Crippen LogP contribution in [0.15, 0.2) is 76.7 Å². The lowest BCUT2D eigenvalue weighted by Gasteiger charge is -2.17. The molecule has 0 fully saturated rings. The monoisotopic (exact) mass is 439 g/mol. The molecule has 1 atom stereocenters. The average molecular weight is 439 g/mol. The van der Waals surface area contributed by atoms with E-state index in [0.29, 0.717) is 22.4 Å². The quantitative estimate of drug-likeness (QED) is 0.439. The minimum absolute atomic E-state index is 0.256. The summed E-state index contributed by atoms with van der Waals surface area (Å²) in [6, 6.07) is 20.4. The number of carbonyl (C=O) groups excluding carboxylic acids is 1. The van der Waals surface area contributed by atoms with Crippen LogP contribution in [-0.4, -0.2) is 28.4 Å². The number of benzene rings is 2. The largest absolute Gasteiger partial charge is 0.467 e. The van der Waals surface area contributed by atoms with Crippen LogP contribution in [0.5, 0.6) is 0 Å². The van der Waals surface area contributed by atoms with Crippen LogP contribution >= 0.6 is 11.8 Å². The van der Waals surface area contributed by atoms with Crippen molar-refractivity contribution in [1.82, 2.24) is 9.55 Å². The van der Waals surface area contributed by atoms with Gasteiger partial charge in [-0.3, -0.25) is 14.3 Å². The molecule has 0 amide bonds. The number of nitriles is 1. The van der Waals surface area contributed by atoms with Crippen LogP contribution in [0, 0.1) is 11.3 Å². The molecular formula is C25H17N3O3S. The summed E-state index contributed by atoms with van der Waals surface area (Å²) in [5.74, 6) is 0.00687. The number of esters is 1. The molecule has 2 aromatic carbocycles. The van der Waals surface area contributed by atoms with Crippen LogP contribution in [0.1, 0.15) is 11.6 Å². The molecule has 5 rings (SSSR count). The molecule has 0 unspecified atom stereocenters. The highest BCUT2D eigenvalue weighted by Gasteiger charge is 2.34. The maximum Gasteiger partial charge on any atom is 0.329 e. The molecule has 0 aliphatic carbocycles. The van der Waals surface area contributed by atoms with Gasteiger partial charge in [-0.15, -0.1) is 11.8 Å². The molecule has 0 saturated carbocycles. The number of aromatic nitrogens is 2. The number of pyridine rings is 2. The second-order valence-electron chi connectivity index (χ2n) is 7.38. The number of rotatable bonds is 3. The Morgan fingerprint density at radius 2 is 1.88 bits per heavy atom. The maximum atomic E-state index is 13.4. The van der Waals surface area contributed by atoms with Crippen molar-refractivity contribution in [2.75, 3.05) is 12.9 Å². The summed E-state index contributed by atoms with van der Waals surface area (Å²) in [7, 11) is 1.33. The van der Waals surface area contributed by atoms with Gasteiger partial charge in [0.05, 0.1) is 34.8 Å². The summed E-state index contributed by atoms with van der Waals surface area (Å²) in [4.78, 5) is 30.3. The molecule has 0 N–H and O–H groups in total. The fourth-order valence-corrected chi connectivity index (χ4v) is 5.34. The van der Waals surface area contributed by atoms with E-state index < -0.39 is 12.0 Å². The highest BCUT2D eigenvalue weighted by Crippen LogP contribution is 2.43. The van der Waals surface area contributed by atoms with Gasteiger partial charge in [-0.25, -0.2) is 4.79 Å². The highest BCUT2D eigenvalue weighted by atomic mass is 32.2. The molecule has 6 nitrogen and oxygen atoms in total. The second-order valence-corrected chi connectivity index (χ2v) is 8.38. The maximum absolute atomic E-state index is 13.4. The van der Waals surface area contributed by atoms with E-state index in [1.807, 2.05) is 48.5 Å². The minimum Gasteiger partial charge on any atom is -0.467 e. The van der Waals surface area contributed by atoms with Crippen molar-refractivity contribution in [3.8, 4) is 28.5 Å². The van der Waals surface area contributed by atoms with Crippen molar-refractivity contribution in [2.24, 2.45) is 0 Å². The normalized spacial score (nSPS) is 14.7. The number of fused-ring (bicyclic) bond motifs is 2. The Hall–Kier alpha value is -3.89. The number of thioether (sulfide) groups is 1. The third-order valence-corrected chi connectivity index (χ3v) is 6.75.